The predicted molar refractivity (Wildman–Crippen MR) is 65.5 cm³/mol. The molecule has 1 aromatic heterocycles. The maximum absolute atomic E-state index is 4.14. The molecule has 1 aliphatic carbocycles. The summed E-state index contributed by atoms with van der Waals surface area (Å²) in [6.07, 6.45) is 5.08. The van der Waals surface area contributed by atoms with Gasteiger partial charge >= 0.3 is 0 Å². The lowest BCUT2D eigenvalue weighted by Gasteiger charge is -2.06. The Hall–Kier alpha value is -0.410. The van der Waals surface area contributed by atoms with Crippen molar-refractivity contribution in [1.29, 1.82) is 0 Å². The average molecular weight is 269 g/mol. The third-order valence-electron chi connectivity index (χ3n) is 3.20. The van der Waals surface area contributed by atoms with Crippen LogP contribution in [-0.4, -0.2) is 11.5 Å². The molecule has 0 amide bonds. The van der Waals surface area contributed by atoms with Crippen LogP contribution >= 0.6 is 15.9 Å². The van der Waals surface area contributed by atoms with E-state index in [0.717, 1.165) is 23.5 Å². The largest absolute Gasteiger partial charge is 0.312 e. The van der Waals surface area contributed by atoms with E-state index >= 15 is 0 Å². The Balaban J connectivity index is 1.75. The zero-order chi connectivity index (χ0) is 10.9. The maximum atomic E-state index is 4.14. The maximum Gasteiger partial charge on any atom is 0.0410 e. The van der Waals surface area contributed by atoms with E-state index < -0.39 is 0 Å². The van der Waals surface area contributed by atoms with Crippen molar-refractivity contribution < 1.29 is 0 Å². The van der Waals surface area contributed by atoms with Gasteiger partial charge in [0.05, 0.1) is 0 Å². The Kier molecular flexibility index (Phi) is 3.12. The van der Waals surface area contributed by atoms with Crippen molar-refractivity contribution in [2.45, 2.75) is 26.8 Å². The summed E-state index contributed by atoms with van der Waals surface area (Å²) in [5.41, 5.74) is 1.81. The Bertz CT molecular complexity index is 349. The lowest BCUT2D eigenvalue weighted by molar-refractivity contribution is 0.519. The van der Waals surface area contributed by atoms with Gasteiger partial charge in [0.1, 0.15) is 0 Å². The number of halogens is 1. The number of nitrogens with one attached hydrogen (secondary N) is 1. The van der Waals surface area contributed by atoms with Crippen LogP contribution in [0.4, 0.5) is 0 Å². The second-order valence-corrected chi connectivity index (χ2v) is 5.95. The number of nitrogens with zero attached hydrogens (tertiary/aromatic N) is 1. The van der Waals surface area contributed by atoms with E-state index in [-0.39, 0.29) is 0 Å². The van der Waals surface area contributed by atoms with E-state index in [9.17, 15) is 0 Å². The molecule has 1 fully saturated rings. The van der Waals surface area contributed by atoms with Gasteiger partial charge in [-0.15, -0.1) is 0 Å². The second-order valence-electron chi connectivity index (χ2n) is 5.03. The van der Waals surface area contributed by atoms with Crippen LogP contribution in [0.3, 0.4) is 0 Å². The second kappa shape index (κ2) is 4.22. The summed E-state index contributed by atoms with van der Waals surface area (Å²) in [7, 11) is 0. The van der Waals surface area contributed by atoms with Gasteiger partial charge in [0.15, 0.2) is 0 Å². The molecule has 1 N–H and O–H groups in total. The number of aromatic nitrogens is 1. The van der Waals surface area contributed by atoms with Gasteiger partial charge in [0, 0.05) is 23.4 Å². The highest BCUT2D eigenvalue weighted by Gasteiger charge is 2.44. The monoisotopic (exact) mass is 268 g/mol. The molecule has 1 aromatic rings. The Labute approximate surface area is 99.6 Å². The normalized spacial score (nSPS) is 22.7. The summed E-state index contributed by atoms with van der Waals surface area (Å²) in [5, 5.41) is 3.49. The summed E-state index contributed by atoms with van der Waals surface area (Å²) < 4.78 is 1.05. The van der Waals surface area contributed by atoms with Crippen molar-refractivity contribution in [2.75, 3.05) is 6.54 Å². The van der Waals surface area contributed by atoms with Crippen molar-refractivity contribution in [3.8, 4) is 0 Å². The molecule has 1 heterocycles. The number of pyridine rings is 1. The summed E-state index contributed by atoms with van der Waals surface area (Å²) >= 11 is 3.42. The Morgan fingerprint density at radius 2 is 2.27 bits per heavy atom. The van der Waals surface area contributed by atoms with Gasteiger partial charge in [-0.1, -0.05) is 13.8 Å². The van der Waals surface area contributed by atoms with Crippen LogP contribution in [0.25, 0.3) is 0 Å². The van der Waals surface area contributed by atoms with Gasteiger partial charge in [-0.05, 0) is 51.9 Å². The predicted octanol–water partition coefficient (Wildman–Crippen LogP) is 2.98. The van der Waals surface area contributed by atoms with Crippen molar-refractivity contribution >= 4 is 15.9 Å². The van der Waals surface area contributed by atoms with Crippen molar-refractivity contribution in [3.05, 3.63) is 28.5 Å². The van der Waals surface area contributed by atoms with Crippen LogP contribution in [0, 0.1) is 11.3 Å². The fourth-order valence-corrected chi connectivity index (χ4v) is 2.28. The smallest absolute Gasteiger partial charge is 0.0410 e. The molecule has 0 radical (unpaired) electrons. The van der Waals surface area contributed by atoms with E-state index in [0.29, 0.717) is 5.41 Å². The Morgan fingerprint density at radius 1 is 1.53 bits per heavy atom. The van der Waals surface area contributed by atoms with E-state index in [4.69, 9.17) is 0 Å². The molecule has 2 rings (SSSR count). The minimum Gasteiger partial charge on any atom is -0.312 e. The molecule has 0 aliphatic heterocycles. The fraction of sp³-hybridized carbons (Fsp3) is 0.583. The quantitative estimate of drug-likeness (QED) is 0.909. The number of hydrogen-bond acceptors (Lipinski definition) is 2. The highest BCUT2D eigenvalue weighted by Crippen LogP contribution is 2.50. The molecule has 1 saturated carbocycles. The molecule has 2 nitrogen and oxygen atoms in total. The third kappa shape index (κ3) is 3.02. The summed E-state index contributed by atoms with van der Waals surface area (Å²) in [6.45, 7) is 6.71. The Morgan fingerprint density at radius 3 is 2.87 bits per heavy atom. The van der Waals surface area contributed by atoms with E-state index in [1.807, 2.05) is 12.4 Å². The van der Waals surface area contributed by atoms with Crippen molar-refractivity contribution in [1.82, 2.24) is 10.3 Å². The number of hydrogen-bond donors (Lipinski definition) is 1. The zero-order valence-corrected chi connectivity index (χ0v) is 10.8. The highest BCUT2D eigenvalue weighted by atomic mass is 79.9. The average Bonchev–Trinajstić information content (AvgIpc) is 2.74. The zero-order valence-electron chi connectivity index (χ0n) is 9.26. The van der Waals surface area contributed by atoms with Crippen molar-refractivity contribution in [3.63, 3.8) is 0 Å². The molecular weight excluding hydrogens is 252 g/mol. The van der Waals surface area contributed by atoms with Gasteiger partial charge in [0.2, 0.25) is 0 Å². The van der Waals surface area contributed by atoms with Crippen LogP contribution in [0.15, 0.2) is 22.9 Å². The van der Waals surface area contributed by atoms with Gasteiger partial charge in [-0.2, -0.15) is 0 Å². The lowest BCUT2D eigenvalue weighted by atomic mass is 10.1. The van der Waals surface area contributed by atoms with E-state index in [1.54, 1.807) is 0 Å². The molecule has 15 heavy (non-hydrogen) atoms. The topological polar surface area (TPSA) is 24.9 Å². The van der Waals surface area contributed by atoms with Gasteiger partial charge in [-0.25, -0.2) is 0 Å². The first-order chi connectivity index (χ1) is 7.08. The minimum atomic E-state index is 0.572. The molecular formula is C12H17BrN2. The fourth-order valence-electron chi connectivity index (χ4n) is 1.87. The molecule has 0 spiro atoms. The summed E-state index contributed by atoms with van der Waals surface area (Å²) in [4.78, 5) is 4.14. The van der Waals surface area contributed by atoms with Crippen LogP contribution in [0.1, 0.15) is 25.8 Å². The first-order valence-corrected chi connectivity index (χ1v) is 6.17. The molecule has 1 unspecified atom stereocenters. The highest BCUT2D eigenvalue weighted by molar-refractivity contribution is 9.10. The minimum absolute atomic E-state index is 0.572. The molecule has 3 heteroatoms. The van der Waals surface area contributed by atoms with Crippen molar-refractivity contribution in [2.24, 2.45) is 11.3 Å². The van der Waals surface area contributed by atoms with Gasteiger partial charge < -0.3 is 5.32 Å². The first-order valence-electron chi connectivity index (χ1n) is 5.38. The van der Waals surface area contributed by atoms with Crippen LogP contribution in [-0.2, 0) is 6.54 Å². The van der Waals surface area contributed by atoms with Gasteiger partial charge in [0.25, 0.3) is 0 Å². The standard InChI is InChI=1S/C12H17BrN2/c1-12(2)4-10(12)7-14-5-9-3-11(13)8-15-6-9/h3,6,8,10,14H,4-5,7H2,1-2H3. The van der Waals surface area contributed by atoms with E-state index in [1.165, 1.54) is 12.0 Å². The molecule has 0 bridgehead atoms. The van der Waals surface area contributed by atoms with Gasteiger partial charge in [-0.3, -0.25) is 4.98 Å². The number of rotatable bonds is 4. The SMILES string of the molecule is CC1(C)CC1CNCc1cncc(Br)c1. The van der Waals surface area contributed by atoms with Crippen LogP contribution in [0.2, 0.25) is 0 Å². The van der Waals surface area contributed by atoms with Crippen LogP contribution in [0.5, 0.6) is 0 Å². The summed E-state index contributed by atoms with van der Waals surface area (Å²) in [6, 6.07) is 2.11. The molecule has 0 saturated heterocycles. The summed E-state index contributed by atoms with van der Waals surface area (Å²) in [5.74, 6) is 0.859. The molecule has 1 atom stereocenters. The third-order valence-corrected chi connectivity index (χ3v) is 3.63. The molecule has 0 aromatic carbocycles. The molecule has 1 aliphatic rings. The molecule has 82 valence electrons. The first kappa shape index (κ1) is 11.1. The van der Waals surface area contributed by atoms with Crippen LogP contribution < -0.4 is 5.32 Å². The van der Waals surface area contributed by atoms with E-state index in [2.05, 4.69) is 46.1 Å². The lowest BCUT2D eigenvalue weighted by Crippen LogP contribution is -2.18.